The summed E-state index contributed by atoms with van der Waals surface area (Å²) in [7, 11) is -3.41. The predicted octanol–water partition coefficient (Wildman–Crippen LogP) is 2.26. The van der Waals surface area contributed by atoms with E-state index in [1.165, 1.54) is 0 Å². The van der Waals surface area contributed by atoms with Crippen LogP contribution < -0.4 is 5.32 Å². The van der Waals surface area contributed by atoms with Gasteiger partial charge in [-0.25, -0.2) is 8.42 Å². The normalized spacial score (nSPS) is 18.1. The summed E-state index contributed by atoms with van der Waals surface area (Å²) < 4.78 is 32.5. The Balaban J connectivity index is 2.21. The quantitative estimate of drug-likeness (QED) is 0.906. The molecule has 0 atom stereocenters. The van der Waals surface area contributed by atoms with Gasteiger partial charge in [-0.15, -0.1) is 0 Å². The molecular formula is C14H24N2O3S. The Hall–Kier alpha value is -0.850. The standard InChI is InChI=1S/C14H24N2O3S/c1-3-15-11-13-10-14(12(2)19-13)20(17,18)16-8-6-4-5-7-9-16/h10,15H,3-9,11H2,1-2H3. The van der Waals surface area contributed by atoms with Crippen molar-refractivity contribution in [2.75, 3.05) is 19.6 Å². The minimum absolute atomic E-state index is 0.326. The molecule has 5 nitrogen and oxygen atoms in total. The van der Waals surface area contributed by atoms with Gasteiger partial charge in [-0.3, -0.25) is 0 Å². The first-order valence-corrected chi connectivity index (χ1v) is 8.80. The van der Waals surface area contributed by atoms with E-state index in [0.29, 0.717) is 36.1 Å². The lowest BCUT2D eigenvalue weighted by molar-refractivity contribution is 0.419. The molecule has 1 aliphatic heterocycles. The van der Waals surface area contributed by atoms with Crippen LogP contribution in [0.1, 0.15) is 44.1 Å². The summed E-state index contributed by atoms with van der Waals surface area (Å²) in [6.45, 7) is 6.36. The fourth-order valence-electron chi connectivity index (χ4n) is 2.54. The Kier molecular flexibility index (Phi) is 5.23. The predicted molar refractivity (Wildman–Crippen MR) is 78.1 cm³/mol. The summed E-state index contributed by atoms with van der Waals surface area (Å²) in [5.41, 5.74) is 0. The average Bonchev–Trinajstić information content (AvgIpc) is 2.65. The van der Waals surface area contributed by atoms with Gasteiger partial charge in [0, 0.05) is 19.2 Å². The maximum atomic E-state index is 12.7. The van der Waals surface area contributed by atoms with Gasteiger partial charge in [-0.05, 0) is 26.3 Å². The summed E-state index contributed by atoms with van der Waals surface area (Å²) in [4.78, 5) is 0.326. The largest absolute Gasteiger partial charge is 0.464 e. The first-order valence-electron chi connectivity index (χ1n) is 7.36. The molecule has 0 aromatic carbocycles. The zero-order valence-corrected chi connectivity index (χ0v) is 13.1. The lowest BCUT2D eigenvalue weighted by atomic mass is 10.2. The van der Waals surface area contributed by atoms with Crippen molar-refractivity contribution in [2.45, 2.75) is 51.0 Å². The molecule has 1 fully saturated rings. The van der Waals surface area contributed by atoms with Crippen LogP contribution in [0.25, 0.3) is 0 Å². The minimum atomic E-state index is -3.41. The summed E-state index contributed by atoms with van der Waals surface area (Å²) in [6.07, 6.45) is 4.12. The Morgan fingerprint density at radius 3 is 2.50 bits per heavy atom. The van der Waals surface area contributed by atoms with Gasteiger partial charge >= 0.3 is 0 Å². The molecule has 2 heterocycles. The molecule has 1 saturated heterocycles. The number of aryl methyl sites for hydroxylation is 1. The van der Waals surface area contributed by atoms with E-state index < -0.39 is 10.0 Å². The van der Waals surface area contributed by atoms with Gasteiger partial charge in [0.1, 0.15) is 16.4 Å². The second-order valence-corrected chi connectivity index (χ2v) is 7.14. The summed E-state index contributed by atoms with van der Waals surface area (Å²) >= 11 is 0. The van der Waals surface area contributed by atoms with Crippen LogP contribution in [0.5, 0.6) is 0 Å². The topological polar surface area (TPSA) is 62.6 Å². The molecular weight excluding hydrogens is 276 g/mol. The van der Waals surface area contributed by atoms with Crippen molar-refractivity contribution in [2.24, 2.45) is 0 Å². The van der Waals surface area contributed by atoms with Crippen molar-refractivity contribution in [1.29, 1.82) is 0 Å². The first kappa shape index (κ1) is 15.5. The molecule has 114 valence electrons. The number of hydrogen-bond acceptors (Lipinski definition) is 4. The maximum absolute atomic E-state index is 12.7. The monoisotopic (exact) mass is 300 g/mol. The van der Waals surface area contributed by atoms with Gasteiger partial charge in [-0.1, -0.05) is 19.8 Å². The molecule has 6 heteroatoms. The zero-order valence-electron chi connectivity index (χ0n) is 12.3. The zero-order chi connectivity index (χ0) is 14.6. The molecule has 0 spiro atoms. The highest BCUT2D eigenvalue weighted by Gasteiger charge is 2.29. The van der Waals surface area contributed by atoms with Gasteiger partial charge in [0.15, 0.2) is 0 Å². The first-order chi connectivity index (χ1) is 9.55. The van der Waals surface area contributed by atoms with Crippen molar-refractivity contribution in [3.8, 4) is 0 Å². The SMILES string of the molecule is CCNCc1cc(S(=O)(=O)N2CCCCCC2)c(C)o1. The highest BCUT2D eigenvalue weighted by Crippen LogP contribution is 2.25. The van der Waals surface area contributed by atoms with Gasteiger partial charge in [0.25, 0.3) is 0 Å². The highest BCUT2D eigenvalue weighted by molar-refractivity contribution is 7.89. The molecule has 0 aliphatic carbocycles. The van der Waals surface area contributed by atoms with Crippen LogP contribution in [0.4, 0.5) is 0 Å². The Labute approximate surface area is 121 Å². The molecule has 0 bridgehead atoms. The van der Waals surface area contributed by atoms with E-state index in [2.05, 4.69) is 5.32 Å². The summed E-state index contributed by atoms with van der Waals surface area (Å²) in [5, 5.41) is 3.14. The van der Waals surface area contributed by atoms with Gasteiger partial charge < -0.3 is 9.73 Å². The van der Waals surface area contributed by atoms with E-state index in [9.17, 15) is 8.42 Å². The van der Waals surface area contributed by atoms with Crippen molar-refractivity contribution in [3.63, 3.8) is 0 Å². The highest BCUT2D eigenvalue weighted by atomic mass is 32.2. The Morgan fingerprint density at radius 2 is 1.90 bits per heavy atom. The smallest absolute Gasteiger partial charge is 0.246 e. The van der Waals surface area contributed by atoms with E-state index in [4.69, 9.17) is 4.42 Å². The Morgan fingerprint density at radius 1 is 1.25 bits per heavy atom. The van der Waals surface area contributed by atoms with Gasteiger partial charge in [0.2, 0.25) is 10.0 Å². The maximum Gasteiger partial charge on any atom is 0.246 e. The van der Waals surface area contributed by atoms with Gasteiger partial charge in [-0.2, -0.15) is 4.31 Å². The number of rotatable bonds is 5. The van der Waals surface area contributed by atoms with Crippen molar-refractivity contribution < 1.29 is 12.8 Å². The minimum Gasteiger partial charge on any atom is -0.464 e. The molecule has 1 aliphatic rings. The number of sulfonamides is 1. The van der Waals surface area contributed by atoms with Crippen LogP contribution in [-0.2, 0) is 16.6 Å². The molecule has 2 rings (SSSR count). The van der Waals surface area contributed by atoms with Gasteiger partial charge in [0.05, 0.1) is 6.54 Å². The number of furan rings is 1. The lowest BCUT2D eigenvalue weighted by Gasteiger charge is -2.19. The van der Waals surface area contributed by atoms with Crippen LogP contribution in [0, 0.1) is 6.92 Å². The second-order valence-electron chi connectivity index (χ2n) is 5.23. The third-order valence-electron chi connectivity index (χ3n) is 3.66. The van der Waals surface area contributed by atoms with Crippen LogP contribution in [-0.4, -0.2) is 32.4 Å². The fourth-order valence-corrected chi connectivity index (χ4v) is 4.24. The Bertz CT molecular complexity index is 529. The van der Waals surface area contributed by atoms with E-state index in [1.54, 1.807) is 17.3 Å². The van der Waals surface area contributed by atoms with Crippen LogP contribution >= 0.6 is 0 Å². The van der Waals surface area contributed by atoms with Crippen molar-refractivity contribution >= 4 is 10.0 Å². The molecule has 1 aromatic rings. The van der Waals surface area contributed by atoms with E-state index in [0.717, 1.165) is 32.2 Å². The molecule has 0 amide bonds. The molecule has 0 radical (unpaired) electrons. The molecule has 0 saturated carbocycles. The van der Waals surface area contributed by atoms with E-state index >= 15 is 0 Å². The number of hydrogen-bond donors (Lipinski definition) is 1. The number of nitrogens with zero attached hydrogens (tertiary/aromatic N) is 1. The fraction of sp³-hybridized carbons (Fsp3) is 0.714. The summed E-state index contributed by atoms with van der Waals surface area (Å²) in [5.74, 6) is 1.17. The average molecular weight is 300 g/mol. The van der Waals surface area contributed by atoms with Crippen molar-refractivity contribution in [1.82, 2.24) is 9.62 Å². The third-order valence-corrected chi connectivity index (χ3v) is 5.66. The molecule has 1 aromatic heterocycles. The van der Waals surface area contributed by atoms with Crippen LogP contribution in [0.2, 0.25) is 0 Å². The van der Waals surface area contributed by atoms with Crippen LogP contribution in [0.3, 0.4) is 0 Å². The second kappa shape index (κ2) is 6.74. The van der Waals surface area contributed by atoms with E-state index in [1.807, 2.05) is 6.92 Å². The molecule has 1 N–H and O–H groups in total. The van der Waals surface area contributed by atoms with Crippen molar-refractivity contribution in [3.05, 3.63) is 17.6 Å². The lowest BCUT2D eigenvalue weighted by Crippen LogP contribution is -2.32. The van der Waals surface area contributed by atoms with Crippen LogP contribution in [0.15, 0.2) is 15.4 Å². The number of nitrogens with one attached hydrogen (secondary N) is 1. The third kappa shape index (κ3) is 3.42. The molecule has 20 heavy (non-hydrogen) atoms. The summed E-state index contributed by atoms with van der Waals surface area (Å²) in [6, 6.07) is 1.66. The molecule has 0 unspecified atom stereocenters. The van der Waals surface area contributed by atoms with E-state index in [-0.39, 0.29) is 0 Å².